The van der Waals surface area contributed by atoms with Gasteiger partial charge in [0, 0.05) is 33.7 Å². The summed E-state index contributed by atoms with van der Waals surface area (Å²) in [4.78, 5) is 5.02. The van der Waals surface area contributed by atoms with Crippen LogP contribution < -0.4 is 9.80 Å². The minimum absolute atomic E-state index is 0.541. The highest BCUT2D eigenvalue weighted by atomic mass is 15.2. The first-order valence-electron chi connectivity index (χ1n) is 25.8. The molecule has 74 heavy (non-hydrogen) atoms. The third-order valence-corrected chi connectivity index (χ3v) is 16.8. The molecular weight excluding hydrogens is 893 g/mol. The Bertz CT molecular complexity index is 4170. The van der Waals surface area contributed by atoms with E-state index in [4.69, 9.17) is 0 Å². The molecule has 1 atom stereocenters. The van der Waals surface area contributed by atoms with E-state index in [0.29, 0.717) is 0 Å². The highest BCUT2D eigenvalue weighted by molar-refractivity contribution is 6.12. The third-order valence-electron chi connectivity index (χ3n) is 16.8. The van der Waals surface area contributed by atoms with Crippen molar-refractivity contribution in [2.75, 3.05) is 9.80 Å². The van der Waals surface area contributed by atoms with Gasteiger partial charge in [-0.25, -0.2) is 0 Å². The lowest BCUT2D eigenvalue weighted by atomic mass is 9.69. The highest BCUT2D eigenvalue weighted by Crippen LogP contribution is 2.68. The average Bonchev–Trinajstić information content (AvgIpc) is 4.15. The number of rotatable bonds is 6. The molecule has 344 valence electrons. The second-order valence-electron chi connectivity index (χ2n) is 20.2. The molecule has 16 rings (SSSR count). The van der Waals surface area contributed by atoms with Gasteiger partial charge in [-0.05, 0) is 150 Å². The maximum Gasteiger partial charge on any atom is 0.0746 e. The topological polar surface area (TPSA) is 6.48 Å². The van der Waals surface area contributed by atoms with Crippen LogP contribution in [0.4, 0.5) is 34.1 Å². The molecule has 12 aromatic carbocycles. The van der Waals surface area contributed by atoms with Crippen molar-refractivity contribution >= 4 is 44.9 Å². The van der Waals surface area contributed by atoms with Crippen molar-refractivity contribution in [1.29, 1.82) is 0 Å². The number of anilines is 6. The quantitative estimate of drug-likeness (QED) is 0.164. The second kappa shape index (κ2) is 15.5. The van der Waals surface area contributed by atoms with Gasteiger partial charge in [-0.15, -0.1) is 0 Å². The van der Waals surface area contributed by atoms with E-state index >= 15 is 0 Å². The summed E-state index contributed by atoms with van der Waals surface area (Å²) in [6, 6.07) is 105. The lowest BCUT2D eigenvalue weighted by Gasteiger charge is -2.36. The van der Waals surface area contributed by atoms with E-state index in [9.17, 15) is 0 Å². The van der Waals surface area contributed by atoms with E-state index < -0.39 is 10.8 Å². The second-order valence-corrected chi connectivity index (χ2v) is 20.2. The number of hydrogen-bond donors (Lipinski definition) is 0. The molecule has 0 heterocycles. The van der Waals surface area contributed by atoms with Crippen LogP contribution in [0.1, 0.15) is 44.5 Å². The molecule has 0 aliphatic heterocycles. The maximum atomic E-state index is 2.56. The van der Waals surface area contributed by atoms with Gasteiger partial charge >= 0.3 is 0 Å². The molecule has 2 heteroatoms. The number of benzene rings is 12. The van der Waals surface area contributed by atoms with Gasteiger partial charge in [-0.1, -0.05) is 218 Å². The van der Waals surface area contributed by atoms with Crippen LogP contribution in [0, 0.1) is 0 Å². The van der Waals surface area contributed by atoms with E-state index in [0.717, 1.165) is 28.4 Å². The summed E-state index contributed by atoms with van der Waals surface area (Å²) < 4.78 is 0. The summed E-state index contributed by atoms with van der Waals surface area (Å²) in [5.41, 5.74) is 26.4. The summed E-state index contributed by atoms with van der Waals surface area (Å²) in [5.74, 6) is 0. The Balaban J connectivity index is 1.00. The summed E-state index contributed by atoms with van der Waals surface area (Å²) in [6.07, 6.45) is 0. The van der Waals surface area contributed by atoms with Crippen LogP contribution in [-0.2, 0) is 10.8 Å². The van der Waals surface area contributed by atoms with Crippen molar-refractivity contribution in [3.8, 4) is 44.5 Å². The molecule has 2 spiro atoms. The Morgan fingerprint density at radius 3 is 1.15 bits per heavy atom. The average molecular weight is 939 g/mol. The first-order valence-corrected chi connectivity index (χ1v) is 25.8. The standard InChI is InChI=1S/C72H46N2/c1-4-23-47(24-5-1)73(48-25-6-2-7-26-48)68-46-66-69(57-34-11-10-33-56(57)68)59-35-16-21-41-64(59)71(66)60-37-17-12-31-53(60)55-44-43-50(45-65(55)71)74(49-27-8-3-9-28-49)67-42-22-36-58-54-32-15-20-40-63(54)72(70(58)67)61-38-18-13-29-51(61)52-30-14-19-39-62(52)72/h1-46H. The SMILES string of the molecule is c1ccc(N(c2ccc3c(c2)C2(c4ccccc4-3)c3ccccc3-c3c2cc(N(c2ccccc2)c2ccccc2)c2ccccc32)c2cccc3c2C2(c4ccccc4-c4ccccc42)c2ccccc2-3)cc1. The Labute approximate surface area is 431 Å². The largest absolute Gasteiger partial charge is 0.310 e. The molecule has 0 amide bonds. The van der Waals surface area contributed by atoms with E-state index in [1.165, 1.54) is 105 Å². The Kier molecular flexibility index (Phi) is 8.62. The smallest absolute Gasteiger partial charge is 0.0746 e. The van der Waals surface area contributed by atoms with Crippen molar-refractivity contribution < 1.29 is 0 Å². The predicted octanol–water partition coefficient (Wildman–Crippen LogP) is 18.5. The zero-order chi connectivity index (χ0) is 48.5. The van der Waals surface area contributed by atoms with E-state index in [1.54, 1.807) is 0 Å². The van der Waals surface area contributed by atoms with Gasteiger partial charge in [0.15, 0.2) is 0 Å². The van der Waals surface area contributed by atoms with Gasteiger partial charge in [0.25, 0.3) is 0 Å². The molecular formula is C72H46N2. The van der Waals surface area contributed by atoms with Gasteiger partial charge in [-0.3, -0.25) is 0 Å². The van der Waals surface area contributed by atoms with Crippen LogP contribution in [0.15, 0.2) is 279 Å². The van der Waals surface area contributed by atoms with Crippen molar-refractivity contribution in [1.82, 2.24) is 0 Å². The van der Waals surface area contributed by atoms with E-state index in [2.05, 4.69) is 289 Å². The molecule has 0 N–H and O–H groups in total. The van der Waals surface area contributed by atoms with Crippen LogP contribution in [-0.4, -0.2) is 0 Å². The predicted molar refractivity (Wildman–Crippen MR) is 306 cm³/mol. The summed E-state index contributed by atoms with van der Waals surface area (Å²) in [5, 5.41) is 2.46. The first kappa shape index (κ1) is 41.2. The summed E-state index contributed by atoms with van der Waals surface area (Å²) in [7, 11) is 0. The molecule has 0 saturated carbocycles. The number of nitrogens with zero attached hydrogens (tertiary/aromatic N) is 2. The van der Waals surface area contributed by atoms with Crippen LogP contribution in [0.3, 0.4) is 0 Å². The minimum Gasteiger partial charge on any atom is -0.310 e. The van der Waals surface area contributed by atoms with Crippen LogP contribution >= 0.6 is 0 Å². The van der Waals surface area contributed by atoms with Gasteiger partial charge in [0.2, 0.25) is 0 Å². The molecule has 0 aromatic heterocycles. The van der Waals surface area contributed by atoms with Crippen molar-refractivity contribution in [2.45, 2.75) is 10.8 Å². The molecule has 0 radical (unpaired) electrons. The lowest BCUT2D eigenvalue weighted by molar-refractivity contribution is 0.790. The van der Waals surface area contributed by atoms with Crippen LogP contribution in [0.25, 0.3) is 55.3 Å². The Hall–Kier alpha value is -9.50. The molecule has 0 fully saturated rings. The third kappa shape index (κ3) is 5.28. The Morgan fingerprint density at radius 2 is 0.608 bits per heavy atom. The molecule has 2 nitrogen and oxygen atoms in total. The van der Waals surface area contributed by atoms with Crippen LogP contribution in [0.5, 0.6) is 0 Å². The zero-order valence-corrected chi connectivity index (χ0v) is 40.5. The molecule has 0 bridgehead atoms. The van der Waals surface area contributed by atoms with Gasteiger partial charge in [0.1, 0.15) is 0 Å². The van der Waals surface area contributed by atoms with Gasteiger partial charge in [0.05, 0.1) is 22.2 Å². The summed E-state index contributed by atoms with van der Waals surface area (Å²) >= 11 is 0. The lowest BCUT2D eigenvalue weighted by Crippen LogP contribution is -2.28. The molecule has 4 aliphatic carbocycles. The molecule has 0 saturated heterocycles. The van der Waals surface area contributed by atoms with Crippen molar-refractivity contribution in [3.05, 3.63) is 324 Å². The van der Waals surface area contributed by atoms with E-state index in [1.807, 2.05) is 0 Å². The fourth-order valence-electron chi connectivity index (χ4n) is 14.2. The number of hydrogen-bond acceptors (Lipinski definition) is 2. The highest BCUT2D eigenvalue weighted by Gasteiger charge is 2.55. The first-order chi connectivity index (χ1) is 36.8. The van der Waals surface area contributed by atoms with Gasteiger partial charge < -0.3 is 9.80 Å². The maximum absolute atomic E-state index is 2.56. The summed E-state index contributed by atoms with van der Waals surface area (Å²) in [6.45, 7) is 0. The van der Waals surface area contributed by atoms with Crippen molar-refractivity contribution in [2.24, 2.45) is 0 Å². The fourth-order valence-corrected chi connectivity index (χ4v) is 14.2. The van der Waals surface area contributed by atoms with E-state index in [-0.39, 0.29) is 0 Å². The minimum atomic E-state index is -0.645. The monoisotopic (exact) mass is 938 g/mol. The zero-order valence-electron chi connectivity index (χ0n) is 40.5. The normalized spacial score (nSPS) is 15.2. The number of para-hydroxylation sites is 3. The van der Waals surface area contributed by atoms with Crippen LogP contribution in [0.2, 0.25) is 0 Å². The Morgan fingerprint density at radius 1 is 0.216 bits per heavy atom. The number of fused-ring (bicyclic) bond motifs is 22. The molecule has 4 aliphatic rings. The van der Waals surface area contributed by atoms with Gasteiger partial charge in [-0.2, -0.15) is 0 Å². The molecule has 12 aromatic rings. The molecule has 1 unspecified atom stereocenters. The fraction of sp³-hybridized carbons (Fsp3) is 0.0278. The van der Waals surface area contributed by atoms with Crippen molar-refractivity contribution in [3.63, 3.8) is 0 Å².